The van der Waals surface area contributed by atoms with Gasteiger partial charge in [0, 0.05) is 17.8 Å². The summed E-state index contributed by atoms with van der Waals surface area (Å²) in [7, 11) is 0. The number of rotatable bonds is 11. The summed E-state index contributed by atoms with van der Waals surface area (Å²) in [5, 5.41) is 17.4. The Morgan fingerprint density at radius 2 is 1.60 bits per heavy atom. The van der Waals surface area contributed by atoms with Gasteiger partial charge in [0.15, 0.2) is 0 Å². The third-order valence-corrected chi connectivity index (χ3v) is 6.30. The van der Waals surface area contributed by atoms with Crippen molar-refractivity contribution < 1.29 is 37.4 Å². The molecule has 0 bridgehead atoms. The molecule has 0 heterocycles. The molecule has 0 saturated heterocycles. The average Bonchev–Trinajstić information content (AvgIpc) is 2.88. The molecular formula is C27H24Cl2F3N3O5. The lowest BCUT2D eigenvalue weighted by atomic mass is 9.98. The summed E-state index contributed by atoms with van der Waals surface area (Å²) in [6.45, 7) is -0.0206. The number of hydrogen-bond donors (Lipinski definition) is 4. The molecule has 0 saturated carbocycles. The van der Waals surface area contributed by atoms with Crippen LogP contribution in [-0.4, -0.2) is 35.9 Å². The van der Waals surface area contributed by atoms with Crippen LogP contribution in [0.5, 0.6) is 5.75 Å². The molecule has 0 aliphatic rings. The van der Waals surface area contributed by atoms with E-state index in [9.17, 15) is 27.6 Å². The fraction of sp³-hybridized carbons (Fsp3) is 0.222. The van der Waals surface area contributed by atoms with Crippen molar-refractivity contribution in [3.63, 3.8) is 0 Å². The van der Waals surface area contributed by atoms with Gasteiger partial charge in [-0.3, -0.25) is 9.59 Å². The van der Waals surface area contributed by atoms with Crippen molar-refractivity contribution >= 4 is 46.8 Å². The van der Waals surface area contributed by atoms with E-state index in [0.717, 1.165) is 17.7 Å². The minimum Gasteiger partial charge on any atom is -0.481 e. The Kier molecular flexibility index (Phi) is 10.6. The van der Waals surface area contributed by atoms with Crippen molar-refractivity contribution in [1.82, 2.24) is 10.6 Å². The number of nitrogens with one attached hydrogen (secondary N) is 3. The van der Waals surface area contributed by atoms with Crippen LogP contribution in [0, 0.1) is 0 Å². The highest BCUT2D eigenvalue weighted by molar-refractivity contribution is 6.42. The molecule has 3 aromatic rings. The third kappa shape index (κ3) is 9.97. The standard InChI is InChI=1S/C27H24Cl2F3N3O5/c28-21-11-1-16(15-22(21)29)2-12-23(17-3-5-18(6-4-17)25(38)33-14-13-24(36)37)35-26(39)34-19-7-9-20(10-8-19)40-27(30,31)32/h1,3-11,15,23H,2,12-14H2,(H,33,38)(H,36,37)(H2,34,35,39). The fourth-order valence-corrected chi connectivity index (χ4v) is 3.97. The van der Waals surface area contributed by atoms with Gasteiger partial charge in [-0.15, -0.1) is 13.2 Å². The van der Waals surface area contributed by atoms with Crippen LogP contribution in [0.4, 0.5) is 23.7 Å². The van der Waals surface area contributed by atoms with E-state index in [0.29, 0.717) is 34.0 Å². The van der Waals surface area contributed by atoms with Crippen molar-refractivity contribution in [2.45, 2.75) is 31.7 Å². The monoisotopic (exact) mass is 597 g/mol. The number of alkyl halides is 3. The molecule has 0 aliphatic carbocycles. The molecule has 0 aliphatic heterocycles. The molecular weight excluding hydrogens is 574 g/mol. The topological polar surface area (TPSA) is 117 Å². The predicted octanol–water partition coefficient (Wildman–Crippen LogP) is 6.59. The number of amides is 3. The first-order valence-electron chi connectivity index (χ1n) is 11.9. The third-order valence-electron chi connectivity index (χ3n) is 5.56. The molecule has 4 N–H and O–H groups in total. The van der Waals surface area contributed by atoms with E-state index in [4.69, 9.17) is 28.3 Å². The van der Waals surface area contributed by atoms with Gasteiger partial charge < -0.3 is 25.8 Å². The Bertz CT molecular complexity index is 1340. The maximum atomic E-state index is 12.8. The van der Waals surface area contributed by atoms with E-state index in [1.54, 1.807) is 42.5 Å². The highest BCUT2D eigenvalue weighted by Crippen LogP contribution is 2.27. The van der Waals surface area contributed by atoms with Crippen LogP contribution in [-0.2, 0) is 11.2 Å². The second-order valence-electron chi connectivity index (χ2n) is 8.53. The van der Waals surface area contributed by atoms with E-state index in [-0.39, 0.29) is 18.7 Å². The molecule has 40 heavy (non-hydrogen) atoms. The van der Waals surface area contributed by atoms with E-state index in [1.807, 2.05) is 0 Å². The molecule has 0 aromatic heterocycles. The van der Waals surface area contributed by atoms with E-state index >= 15 is 0 Å². The molecule has 0 fully saturated rings. The zero-order valence-corrected chi connectivity index (χ0v) is 22.2. The van der Waals surface area contributed by atoms with Gasteiger partial charge in [0.25, 0.3) is 5.91 Å². The summed E-state index contributed by atoms with van der Waals surface area (Å²) in [6, 6.07) is 15.2. The number of carboxylic acid groups (broad SMARTS) is 1. The van der Waals surface area contributed by atoms with Crippen molar-refractivity contribution in [2.24, 2.45) is 0 Å². The smallest absolute Gasteiger partial charge is 0.481 e. The van der Waals surface area contributed by atoms with Crippen LogP contribution >= 0.6 is 23.2 Å². The number of hydrogen-bond acceptors (Lipinski definition) is 4. The highest BCUT2D eigenvalue weighted by atomic mass is 35.5. The summed E-state index contributed by atoms with van der Waals surface area (Å²) < 4.78 is 41.0. The molecule has 1 atom stereocenters. The molecule has 212 valence electrons. The van der Waals surface area contributed by atoms with Gasteiger partial charge in [0.1, 0.15) is 5.75 Å². The van der Waals surface area contributed by atoms with E-state index < -0.39 is 36.1 Å². The zero-order valence-electron chi connectivity index (χ0n) is 20.7. The first-order valence-corrected chi connectivity index (χ1v) is 12.6. The number of benzene rings is 3. The molecule has 3 amide bonds. The molecule has 3 aromatic carbocycles. The quantitative estimate of drug-likeness (QED) is 0.199. The van der Waals surface area contributed by atoms with Crippen molar-refractivity contribution in [3.05, 3.63) is 93.5 Å². The minimum absolute atomic E-state index is 0.0206. The highest BCUT2D eigenvalue weighted by Gasteiger charge is 2.31. The number of aliphatic carboxylic acids is 1. The van der Waals surface area contributed by atoms with Crippen LogP contribution in [0.15, 0.2) is 66.7 Å². The number of urea groups is 1. The number of carboxylic acids is 1. The Balaban J connectivity index is 1.71. The Labute approximate surface area is 237 Å². The number of anilines is 1. The number of ether oxygens (including phenoxy) is 1. The molecule has 3 rings (SSSR count). The lowest BCUT2D eigenvalue weighted by Gasteiger charge is -2.20. The van der Waals surface area contributed by atoms with E-state index in [1.165, 1.54) is 12.1 Å². The lowest BCUT2D eigenvalue weighted by Crippen LogP contribution is -2.33. The van der Waals surface area contributed by atoms with Gasteiger partial charge in [-0.1, -0.05) is 41.4 Å². The second kappa shape index (κ2) is 13.9. The summed E-state index contributed by atoms with van der Waals surface area (Å²) >= 11 is 12.1. The number of halogens is 5. The summed E-state index contributed by atoms with van der Waals surface area (Å²) in [4.78, 5) is 35.7. The number of carbonyl (C=O) groups is 3. The zero-order chi connectivity index (χ0) is 29.3. The van der Waals surface area contributed by atoms with Gasteiger partial charge in [0.2, 0.25) is 0 Å². The average molecular weight is 598 g/mol. The first-order chi connectivity index (χ1) is 18.9. The normalized spacial score (nSPS) is 11.8. The summed E-state index contributed by atoms with van der Waals surface area (Å²) in [5.41, 5.74) is 2.09. The Morgan fingerprint density at radius 1 is 0.925 bits per heavy atom. The Morgan fingerprint density at radius 3 is 2.20 bits per heavy atom. The van der Waals surface area contributed by atoms with Crippen LogP contribution in [0.3, 0.4) is 0 Å². The van der Waals surface area contributed by atoms with Crippen LogP contribution in [0.2, 0.25) is 10.0 Å². The molecule has 8 nitrogen and oxygen atoms in total. The summed E-state index contributed by atoms with van der Waals surface area (Å²) in [5.74, 6) is -1.90. The van der Waals surface area contributed by atoms with Gasteiger partial charge >= 0.3 is 18.4 Å². The summed E-state index contributed by atoms with van der Waals surface area (Å²) in [6.07, 6.45) is -4.11. The number of carbonyl (C=O) groups excluding carboxylic acids is 2. The van der Waals surface area contributed by atoms with Gasteiger partial charge in [0.05, 0.1) is 22.5 Å². The van der Waals surface area contributed by atoms with Crippen molar-refractivity contribution in [2.75, 3.05) is 11.9 Å². The second-order valence-corrected chi connectivity index (χ2v) is 9.35. The first kappa shape index (κ1) is 30.6. The molecule has 1 unspecified atom stereocenters. The molecule has 0 spiro atoms. The fourth-order valence-electron chi connectivity index (χ4n) is 3.65. The molecule has 0 radical (unpaired) electrons. The predicted molar refractivity (Wildman–Crippen MR) is 144 cm³/mol. The maximum absolute atomic E-state index is 12.8. The molecule has 13 heteroatoms. The van der Waals surface area contributed by atoms with Crippen LogP contribution < -0.4 is 20.7 Å². The van der Waals surface area contributed by atoms with Crippen molar-refractivity contribution in [1.29, 1.82) is 0 Å². The van der Waals surface area contributed by atoms with Gasteiger partial charge in [-0.05, 0) is 72.5 Å². The maximum Gasteiger partial charge on any atom is 0.573 e. The van der Waals surface area contributed by atoms with Gasteiger partial charge in [-0.2, -0.15) is 0 Å². The minimum atomic E-state index is -4.83. The lowest BCUT2D eigenvalue weighted by molar-refractivity contribution is -0.274. The van der Waals surface area contributed by atoms with E-state index in [2.05, 4.69) is 20.7 Å². The SMILES string of the molecule is O=C(O)CCNC(=O)c1ccc(C(CCc2ccc(Cl)c(Cl)c2)NC(=O)Nc2ccc(OC(F)(F)F)cc2)cc1. The number of aryl methyl sites for hydroxylation is 1. The van der Waals surface area contributed by atoms with Crippen molar-refractivity contribution in [3.8, 4) is 5.75 Å². The van der Waals surface area contributed by atoms with Crippen LogP contribution in [0.25, 0.3) is 0 Å². The Hall–Kier alpha value is -3.96. The van der Waals surface area contributed by atoms with Crippen LogP contribution in [0.1, 0.15) is 40.4 Å². The van der Waals surface area contributed by atoms with Gasteiger partial charge in [-0.25, -0.2) is 4.79 Å². The largest absolute Gasteiger partial charge is 0.573 e.